The first-order chi connectivity index (χ1) is 9.42. The highest BCUT2D eigenvalue weighted by atomic mass is 35.5. The largest absolute Gasteiger partial charge is 0.392 e. The molecule has 0 saturated carbocycles. The van der Waals surface area contributed by atoms with Crippen LogP contribution in [0.5, 0.6) is 0 Å². The molecule has 122 valence electrons. The van der Waals surface area contributed by atoms with Crippen LogP contribution in [0.25, 0.3) is 0 Å². The van der Waals surface area contributed by atoms with E-state index in [1.807, 2.05) is 0 Å². The van der Waals surface area contributed by atoms with Crippen molar-refractivity contribution in [3.05, 3.63) is 16.5 Å². The smallest absolute Gasteiger partial charge is 0.389 e. The molecule has 3 atom stereocenters. The summed E-state index contributed by atoms with van der Waals surface area (Å²) in [6.45, 7) is 2.47. The minimum Gasteiger partial charge on any atom is -0.392 e. The molecule has 0 unspecified atom stereocenters. The number of rotatable bonds is 6. The summed E-state index contributed by atoms with van der Waals surface area (Å²) in [6.07, 6.45) is -6.91. The van der Waals surface area contributed by atoms with E-state index in [4.69, 9.17) is 11.6 Å². The maximum Gasteiger partial charge on any atom is 0.389 e. The first-order valence-corrected chi connectivity index (χ1v) is 8.62. The molecule has 1 aromatic heterocycles. The van der Waals surface area contributed by atoms with Gasteiger partial charge < -0.3 is 5.11 Å². The Morgan fingerprint density at radius 1 is 1.38 bits per heavy atom. The number of hydrogen-bond acceptors (Lipinski definition) is 4. The molecule has 1 aromatic rings. The standard InChI is InChI=1S/C11H15ClF3NO3S2/c1-6(5-11(13,14)15)10(7(2)17)16-21(18,19)9-4-3-8(12)20-9/h3-4,6-7,10,16-17H,5H2,1-2H3/t6-,7-,10-/m0/s1. The Labute approximate surface area is 130 Å². The molecule has 10 heteroatoms. The molecule has 4 nitrogen and oxygen atoms in total. The summed E-state index contributed by atoms with van der Waals surface area (Å²) in [5, 5.41) is 9.58. The van der Waals surface area contributed by atoms with Crippen LogP contribution in [0.1, 0.15) is 20.3 Å². The highest BCUT2D eigenvalue weighted by molar-refractivity contribution is 7.91. The lowest BCUT2D eigenvalue weighted by atomic mass is 9.95. The van der Waals surface area contributed by atoms with Crippen molar-refractivity contribution in [2.45, 2.75) is 42.8 Å². The molecule has 0 aliphatic rings. The Balaban J connectivity index is 2.93. The summed E-state index contributed by atoms with van der Waals surface area (Å²) in [5.41, 5.74) is 0. The van der Waals surface area contributed by atoms with Gasteiger partial charge >= 0.3 is 6.18 Å². The van der Waals surface area contributed by atoms with Crippen LogP contribution in [0.3, 0.4) is 0 Å². The number of nitrogens with one attached hydrogen (secondary N) is 1. The minimum absolute atomic E-state index is 0.114. The molecule has 0 saturated heterocycles. The van der Waals surface area contributed by atoms with Crippen LogP contribution in [0.15, 0.2) is 16.3 Å². The Bertz CT molecular complexity index is 572. The van der Waals surface area contributed by atoms with Crippen molar-refractivity contribution < 1.29 is 26.7 Å². The van der Waals surface area contributed by atoms with Crippen molar-refractivity contribution in [1.82, 2.24) is 4.72 Å². The Morgan fingerprint density at radius 3 is 2.33 bits per heavy atom. The zero-order valence-electron chi connectivity index (χ0n) is 11.2. The number of aliphatic hydroxyl groups is 1. The van der Waals surface area contributed by atoms with Crippen LogP contribution < -0.4 is 4.72 Å². The van der Waals surface area contributed by atoms with Gasteiger partial charge in [-0.3, -0.25) is 0 Å². The van der Waals surface area contributed by atoms with Crippen molar-refractivity contribution in [3.63, 3.8) is 0 Å². The first kappa shape index (κ1) is 18.7. The second-order valence-corrected chi connectivity index (χ2v) is 8.40. The maximum atomic E-state index is 12.4. The summed E-state index contributed by atoms with van der Waals surface area (Å²) < 4.78 is 63.6. The molecule has 0 aliphatic carbocycles. The van der Waals surface area contributed by atoms with E-state index in [0.29, 0.717) is 0 Å². The highest BCUT2D eigenvalue weighted by Gasteiger charge is 2.37. The van der Waals surface area contributed by atoms with Crippen LogP contribution >= 0.6 is 22.9 Å². The van der Waals surface area contributed by atoms with E-state index in [0.717, 1.165) is 11.3 Å². The number of alkyl halides is 3. The maximum absolute atomic E-state index is 12.4. The molecule has 0 fully saturated rings. The lowest BCUT2D eigenvalue weighted by Crippen LogP contribution is -2.47. The number of aliphatic hydroxyl groups excluding tert-OH is 1. The second-order valence-electron chi connectivity index (χ2n) is 4.74. The second kappa shape index (κ2) is 6.82. The number of thiophene rings is 1. The summed E-state index contributed by atoms with van der Waals surface area (Å²) in [6, 6.07) is 1.37. The Morgan fingerprint density at radius 2 is 1.95 bits per heavy atom. The van der Waals surface area contributed by atoms with Gasteiger partial charge in [-0.25, -0.2) is 13.1 Å². The van der Waals surface area contributed by atoms with Gasteiger partial charge in [-0.1, -0.05) is 18.5 Å². The van der Waals surface area contributed by atoms with Crippen molar-refractivity contribution in [2.24, 2.45) is 5.92 Å². The van der Waals surface area contributed by atoms with Gasteiger partial charge in [0.05, 0.1) is 16.5 Å². The quantitative estimate of drug-likeness (QED) is 0.814. The number of halogens is 4. The fraction of sp³-hybridized carbons (Fsp3) is 0.636. The van der Waals surface area contributed by atoms with Crippen LogP contribution in [0.4, 0.5) is 13.2 Å². The third-order valence-electron chi connectivity index (χ3n) is 2.79. The summed E-state index contributed by atoms with van der Waals surface area (Å²) in [5.74, 6) is -1.12. The normalized spacial score (nSPS) is 17.5. The molecule has 0 aliphatic heterocycles. The number of hydrogen-bond donors (Lipinski definition) is 2. The third kappa shape index (κ3) is 5.74. The molecule has 1 rings (SSSR count). The molecule has 0 amide bonds. The molecule has 0 bridgehead atoms. The Kier molecular flexibility index (Phi) is 6.08. The first-order valence-electron chi connectivity index (χ1n) is 5.95. The van der Waals surface area contributed by atoms with E-state index in [1.54, 1.807) is 0 Å². The average Bonchev–Trinajstić information content (AvgIpc) is 2.70. The van der Waals surface area contributed by atoms with Gasteiger partial charge in [0.2, 0.25) is 10.0 Å². The lowest BCUT2D eigenvalue weighted by Gasteiger charge is -2.27. The predicted molar refractivity (Wildman–Crippen MR) is 75.0 cm³/mol. The van der Waals surface area contributed by atoms with E-state index in [1.165, 1.54) is 26.0 Å². The third-order valence-corrected chi connectivity index (χ3v) is 5.97. The van der Waals surface area contributed by atoms with Gasteiger partial charge in [-0.2, -0.15) is 13.2 Å². The molecular formula is C11H15ClF3NO3S2. The fourth-order valence-corrected chi connectivity index (χ4v) is 4.78. The summed E-state index contributed by atoms with van der Waals surface area (Å²) in [7, 11) is -4.03. The van der Waals surface area contributed by atoms with E-state index < -0.39 is 40.7 Å². The van der Waals surface area contributed by atoms with E-state index >= 15 is 0 Å². The van der Waals surface area contributed by atoms with Crippen molar-refractivity contribution >= 4 is 33.0 Å². The van der Waals surface area contributed by atoms with Gasteiger partial charge in [-0.05, 0) is 25.0 Å². The van der Waals surface area contributed by atoms with Crippen LogP contribution in [-0.2, 0) is 10.0 Å². The number of sulfonamides is 1. The minimum atomic E-state index is -4.44. The Hall–Kier alpha value is -0.350. The van der Waals surface area contributed by atoms with Crippen molar-refractivity contribution in [2.75, 3.05) is 0 Å². The molecular weight excluding hydrogens is 351 g/mol. The summed E-state index contributed by atoms with van der Waals surface area (Å²) in [4.78, 5) is 0. The predicted octanol–water partition coefficient (Wildman–Crippen LogP) is 3.02. The lowest BCUT2D eigenvalue weighted by molar-refractivity contribution is -0.146. The monoisotopic (exact) mass is 365 g/mol. The average molecular weight is 366 g/mol. The fourth-order valence-electron chi connectivity index (χ4n) is 1.86. The van der Waals surface area contributed by atoms with Crippen molar-refractivity contribution in [1.29, 1.82) is 0 Å². The molecule has 0 radical (unpaired) electrons. The molecule has 2 N–H and O–H groups in total. The van der Waals surface area contributed by atoms with Gasteiger partial charge in [-0.15, -0.1) is 11.3 Å². The van der Waals surface area contributed by atoms with E-state index in [2.05, 4.69) is 4.72 Å². The molecule has 0 aromatic carbocycles. The van der Waals surface area contributed by atoms with Gasteiger partial charge in [0.25, 0.3) is 0 Å². The SMILES string of the molecule is C[C@H](O)[C@@H](NS(=O)(=O)c1ccc(Cl)s1)[C@@H](C)CC(F)(F)F. The van der Waals surface area contributed by atoms with Crippen molar-refractivity contribution in [3.8, 4) is 0 Å². The van der Waals surface area contributed by atoms with Gasteiger partial charge in [0.15, 0.2) is 0 Å². The molecule has 0 spiro atoms. The summed E-state index contributed by atoms with van der Waals surface area (Å²) >= 11 is 6.43. The zero-order valence-corrected chi connectivity index (χ0v) is 13.6. The van der Waals surface area contributed by atoms with Crippen LogP contribution in [0, 0.1) is 5.92 Å². The van der Waals surface area contributed by atoms with Crippen LogP contribution in [-0.4, -0.2) is 31.8 Å². The van der Waals surface area contributed by atoms with E-state index in [-0.39, 0.29) is 8.55 Å². The van der Waals surface area contributed by atoms with E-state index in [9.17, 15) is 26.7 Å². The topological polar surface area (TPSA) is 66.4 Å². The molecule has 1 heterocycles. The molecule has 21 heavy (non-hydrogen) atoms. The van der Waals surface area contributed by atoms with Gasteiger partial charge in [0.1, 0.15) is 4.21 Å². The van der Waals surface area contributed by atoms with Gasteiger partial charge in [0, 0.05) is 6.42 Å². The highest BCUT2D eigenvalue weighted by Crippen LogP contribution is 2.29. The van der Waals surface area contributed by atoms with Crippen LogP contribution in [0.2, 0.25) is 4.34 Å². The zero-order chi connectivity index (χ0) is 16.4.